The molecule has 2 aromatic rings. The van der Waals surface area contributed by atoms with Gasteiger partial charge in [-0.3, -0.25) is 0 Å². The third kappa shape index (κ3) is 1.51. The molecule has 14 heavy (non-hydrogen) atoms. The number of nitrogens with one attached hydrogen (secondary N) is 1. The molecule has 0 amide bonds. The number of aromatic nitrogens is 2. The first-order valence-corrected chi connectivity index (χ1v) is 4.53. The van der Waals surface area contributed by atoms with Gasteiger partial charge in [-0.25, -0.2) is 9.37 Å². The molecule has 0 aliphatic heterocycles. The Kier molecular flexibility index (Phi) is 2.25. The molecule has 0 saturated heterocycles. The maximum absolute atomic E-state index is 13.4. The Bertz CT molecular complexity index is 465. The smallest absolute Gasteiger partial charge is 0.200 e. The van der Waals surface area contributed by atoms with Crippen molar-refractivity contribution in [2.24, 2.45) is 0 Å². The Morgan fingerprint density at radius 3 is 2.64 bits per heavy atom. The van der Waals surface area contributed by atoms with Crippen LogP contribution >= 0.6 is 11.6 Å². The maximum atomic E-state index is 13.4. The third-order valence-electron chi connectivity index (χ3n) is 1.98. The van der Waals surface area contributed by atoms with Gasteiger partial charge >= 0.3 is 0 Å². The largest absolute Gasteiger partial charge is 0.332 e. The molecule has 0 aliphatic carbocycles. The second kappa shape index (κ2) is 3.42. The molecule has 0 spiro atoms. The number of benzene rings is 1. The summed E-state index contributed by atoms with van der Waals surface area (Å²) in [5.41, 5.74) is 1.79. The topological polar surface area (TPSA) is 28.7 Å². The molecule has 0 saturated carbocycles. The number of rotatable bonds is 1. The minimum Gasteiger partial charge on any atom is -0.332 e. The molecule has 4 heteroatoms. The van der Waals surface area contributed by atoms with Gasteiger partial charge < -0.3 is 4.98 Å². The fourth-order valence-electron chi connectivity index (χ4n) is 1.34. The summed E-state index contributed by atoms with van der Waals surface area (Å²) in [4.78, 5) is 6.83. The monoisotopic (exact) mass is 210 g/mol. The summed E-state index contributed by atoms with van der Waals surface area (Å²) in [5, 5.41) is 0.278. The van der Waals surface area contributed by atoms with E-state index in [1.807, 2.05) is 0 Å². The lowest BCUT2D eigenvalue weighted by molar-refractivity contribution is 0.630. The number of halogens is 2. The molecule has 0 radical (unpaired) electrons. The van der Waals surface area contributed by atoms with Gasteiger partial charge in [0.05, 0.1) is 5.69 Å². The van der Waals surface area contributed by atoms with Gasteiger partial charge in [-0.15, -0.1) is 0 Å². The summed E-state index contributed by atoms with van der Waals surface area (Å²) in [6.45, 7) is 1.81. The highest BCUT2D eigenvalue weighted by atomic mass is 35.5. The van der Waals surface area contributed by atoms with Crippen LogP contribution in [0.25, 0.3) is 11.3 Å². The Morgan fingerprint density at radius 2 is 2.07 bits per heavy atom. The minimum atomic E-state index is -0.293. The van der Waals surface area contributed by atoms with E-state index in [0.29, 0.717) is 11.3 Å². The number of imidazole rings is 1. The van der Waals surface area contributed by atoms with Crippen LogP contribution in [0.1, 0.15) is 5.69 Å². The van der Waals surface area contributed by atoms with Crippen molar-refractivity contribution in [1.29, 1.82) is 0 Å². The van der Waals surface area contributed by atoms with Gasteiger partial charge in [0.2, 0.25) is 5.28 Å². The number of aryl methyl sites for hydroxylation is 1. The van der Waals surface area contributed by atoms with Gasteiger partial charge in [0.15, 0.2) is 0 Å². The van der Waals surface area contributed by atoms with E-state index >= 15 is 0 Å². The minimum absolute atomic E-state index is 0.278. The van der Waals surface area contributed by atoms with E-state index in [0.717, 1.165) is 5.69 Å². The maximum Gasteiger partial charge on any atom is 0.200 e. The van der Waals surface area contributed by atoms with Gasteiger partial charge in [-0.05, 0) is 30.7 Å². The fraction of sp³-hybridized carbons (Fsp3) is 0.100. The average molecular weight is 211 g/mol. The first-order chi connectivity index (χ1) is 6.68. The summed E-state index contributed by atoms with van der Waals surface area (Å²) >= 11 is 5.68. The number of hydrogen-bond acceptors (Lipinski definition) is 1. The molecule has 72 valence electrons. The van der Waals surface area contributed by atoms with E-state index in [2.05, 4.69) is 9.97 Å². The highest BCUT2D eigenvalue weighted by Gasteiger charge is 2.10. The van der Waals surface area contributed by atoms with Crippen molar-refractivity contribution in [2.75, 3.05) is 0 Å². The van der Waals surface area contributed by atoms with Crippen LogP contribution in [0, 0.1) is 12.7 Å². The van der Waals surface area contributed by atoms with Crippen LogP contribution in [0.3, 0.4) is 0 Å². The van der Waals surface area contributed by atoms with E-state index in [-0.39, 0.29) is 11.1 Å². The summed E-state index contributed by atoms with van der Waals surface area (Å²) in [7, 11) is 0. The molecule has 1 heterocycles. The van der Waals surface area contributed by atoms with E-state index in [1.165, 1.54) is 6.07 Å². The van der Waals surface area contributed by atoms with Crippen molar-refractivity contribution in [3.63, 3.8) is 0 Å². The van der Waals surface area contributed by atoms with Crippen LogP contribution in [-0.2, 0) is 0 Å². The predicted octanol–water partition coefficient (Wildman–Crippen LogP) is 3.18. The summed E-state index contributed by atoms with van der Waals surface area (Å²) in [6.07, 6.45) is 0. The van der Waals surface area contributed by atoms with Crippen LogP contribution in [0.2, 0.25) is 5.28 Å². The molecule has 0 atom stereocenters. The van der Waals surface area contributed by atoms with Crippen molar-refractivity contribution >= 4 is 11.6 Å². The number of aromatic amines is 1. The van der Waals surface area contributed by atoms with Crippen LogP contribution in [0.5, 0.6) is 0 Å². The second-order valence-corrected chi connectivity index (χ2v) is 3.34. The van der Waals surface area contributed by atoms with Crippen molar-refractivity contribution < 1.29 is 4.39 Å². The average Bonchev–Trinajstić information content (AvgIpc) is 2.46. The first-order valence-electron chi connectivity index (χ1n) is 4.15. The van der Waals surface area contributed by atoms with Crippen LogP contribution in [-0.4, -0.2) is 9.97 Å². The van der Waals surface area contributed by atoms with Gasteiger partial charge in [0.1, 0.15) is 5.82 Å². The molecule has 0 unspecified atom stereocenters. The molecule has 1 aromatic carbocycles. The molecule has 2 rings (SSSR count). The summed E-state index contributed by atoms with van der Waals surface area (Å²) in [5.74, 6) is -0.293. The molecule has 0 bridgehead atoms. The quantitative estimate of drug-likeness (QED) is 0.770. The van der Waals surface area contributed by atoms with E-state index in [1.54, 1.807) is 25.1 Å². The van der Waals surface area contributed by atoms with Gasteiger partial charge in [0, 0.05) is 11.3 Å². The molecule has 0 fully saturated rings. The summed E-state index contributed by atoms with van der Waals surface area (Å²) < 4.78 is 13.4. The van der Waals surface area contributed by atoms with Crippen molar-refractivity contribution in [1.82, 2.24) is 9.97 Å². The van der Waals surface area contributed by atoms with Crippen molar-refractivity contribution in [3.05, 3.63) is 41.1 Å². The highest BCUT2D eigenvalue weighted by Crippen LogP contribution is 2.24. The van der Waals surface area contributed by atoms with Gasteiger partial charge in [-0.1, -0.05) is 12.1 Å². The van der Waals surface area contributed by atoms with E-state index < -0.39 is 0 Å². The SMILES string of the molecule is Cc1[nH]c(Cl)nc1-c1ccccc1F. The lowest BCUT2D eigenvalue weighted by Crippen LogP contribution is -1.85. The normalized spacial score (nSPS) is 10.5. The zero-order chi connectivity index (χ0) is 10.1. The van der Waals surface area contributed by atoms with E-state index in [4.69, 9.17) is 11.6 Å². The molecular formula is C10H8ClFN2. The molecular weight excluding hydrogens is 203 g/mol. The number of H-pyrrole nitrogens is 1. The molecule has 1 N–H and O–H groups in total. The number of nitrogens with zero attached hydrogens (tertiary/aromatic N) is 1. The zero-order valence-corrected chi connectivity index (χ0v) is 8.27. The molecule has 2 nitrogen and oxygen atoms in total. The Hall–Kier alpha value is -1.35. The zero-order valence-electron chi connectivity index (χ0n) is 7.51. The Morgan fingerprint density at radius 1 is 1.36 bits per heavy atom. The van der Waals surface area contributed by atoms with Crippen LogP contribution < -0.4 is 0 Å². The van der Waals surface area contributed by atoms with Crippen LogP contribution in [0.15, 0.2) is 24.3 Å². The Balaban J connectivity index is 2.60. The first kappa shape index (κ1) is 9.21. The molecule has 0 aliphatic rings. The molecule has 1 aromatic heterocycles. The fourth-order valence-corrected chi connectivity index (χ4v) is 1.57. The van der Waals surface area contributed by atoms with E-state index in [9.17, 15) is 4.39 Å². The van der Waals surface area contributed by atoms with Gasteiger partial charge in [0.25, 0.3) is 0 Å². The summed E-state index contributed by atoms with van der Waals surface area (Å²) in [6, 6.07) is 6.48. The second-order valence-electron chi connectivity index (χ2n) is 2.98. The number of hydrogen-bond donors (Lipinski definition) is 1. The van der Waals surface area contributed by atoms with Crippen molar-refractivity contribution in [2.45, 2.75) is 6.92 Å². The van der Waals surface area contributed by atoms with Crippen molar-refractivity contribution in [3.8, 4) is 11.3 Å². The lowest BCUT2D eigenvalue weighted by atomic mass is 10.1. The standard InChI is InChI=1S/C10H8ClFN2/c1-6-9(14-10(11)13-6)7-4-2-3-5-8(7)12/h2-5H,1H3,(H,13,14). The highest BCUT2D eigenvalue weighted by molar-refractivity contribution is 6.28. The van der Waals surface area contributed by atoms with Gasteiger partial charge in [-0.2, -0.15) is 0 Å². The lowest BCUT2D eigenvalue weighted by Gasteiger charge is -1.99. The predicted molar refractivity (Wildman–Crippen MR) is 53.7 cm³/mol. The Labute approximate surface area is 85.8 Å². The third-order valence-corrected chi connectivity index (χ3v) is 2.16. The van der Waals surface area contributed by atoms with Crippen LogP contribution in [0.4, 0.5) is 4.39 Å².